The van der Waals surface area contributed by atoms with Gasteiger partial charge in [-0.3, -0.25) is 4.79 Å². The number of hydrogen-bond donors (Lipinski definition) is 2. The van der Waals surface area contributed by atoms with Crippen molar-refractivity contribution in [3.05, 3.63) is 24.3 Å². The number of benzene rings is 1. The van der Waals surface area contributed by atoms with Crippen LogP contribution in [0, 0.1) is 5.92 Å². The largest absolute Gasteiger partial charge is 0.494 e. The van der Waals surface area contributed by atoms with Gasteiger partial charge in [0.2, 0.25) is 5.91 Å². The van der Waals surface area contributed by atoms with Gasteiger partial charge in [-0.2, -0.15) is 0 Å². The lowest BCUT2D eigenvalue weighted by Gasteiger charge is -2.20. The first-order valence-corrected chi connectivity index (χ1v) is 7.54. The highest BCUT2D eigenvalue weighted by Gasteiger charge is 2.11. The molecule has 4 heteroatoms. The van der Waals surface area contributed by atoms with Gasteiger partial charge in [0, 0.05) is 11.2 Å². The van der Waals surface area contributed by atoms with Crippen LogP contribution in [-0.2, 0) is 4.79 Å². The summed E-state index contributed by atoms with van der Waals surface area (Å²) in [5, 5.41) is 6.01. The van der Waals surface area contributed by atoms with Crippen LogP contribution in [0.4, 0.5) is 5.69 Å². The molecular weight excluding hydrogens is 264 g/mol. The highest BCUT2D eigenvalue weighted by atomic mass is 16.5. The molecular formula is C17H28N2O2. The van der Waals surface area contributed by atoms with Crippen molar-refractivity contribution in [2.24, 2.45) is 5.92 Å². The maximum atomic E-state index is 11.8. The van der Waals surface area contributed by atoms with Crippen LogP contribution in [0.1, 0.15) is 41.0 Å². The van der Waals surface area contributed by atoms with E-state index in [0.717, 1.165) is 24.5 Å². The van der Waals surface area contributed by atoms with Crippen LogP contribution in [-0.4, -0.2) is 24.6 Å². The molecule has 0 fully saturated rings. The van der Waals surface area contributed by atoms with E-state index < -0.39 is 0 Å². The molecule has 0 aromatic heterocycles. The Morgan fingerprint density at radius 1 is 1.19 bits per heavy atom. The molecule has 1 aromatic carbocycles. The average molecular weight is 292 g/mol. The number of nitrogens with one attached hydrogen (secondary N) is 2. The number of rotatable bonds is 7. The molecule has 0 saturated carbocycles. The topological polar surface area (TPSA) is 50.4 Å². The van der Waals surface area contributed by atoms with Gasteiger partial charge >= 0.3 is 0 Å². The first-order chi connectivity index (χ1) is 9.76. The van der Waals surface area contributed by atoms with Gasteiger partial charge in [-0.15, -0.1) is 0 Å². The third-order valence-electron chi connectivity index (χ3n) is 2.88. The molecule has 1 aromatic rings. The van der Waals surface area contributed by atoms with Crippen molar-refractivity contribution in [3.63, 3.8) is 0 Å². The predicted octanol–water partition coefficient (Wildman–Crippen LogP) is 3.44. The Balaban J connectivity index is 2.38. The molecule has 0 heterocycles. The number of ether oxygens (including phenoxy) is 1. The van der Waals surface area contributed by atoms with Crippen LogP contribution in [0.2, 0.25) is 0 Å². The Labute approximate surface area is 128 Å². The lowest BCUT2D eigenvalue weighted by Crippen LogP contribution is -2.41. The van der Waals surface area contributed by atoms with E-state index in [1.807, 2.05) is 45.0 Å². The molecule has 1 amide bonds. The van der Waals surface area contributed by atoms with Gasteiger partial charge in [-0.1, -0.05) is 13.8 Å². The number of hydrogen-bond acceptors (Lipinski definition) is 3. The molecule has 118 valence electrons. The minimum atomic E-state index is -0.0640. The standard InChI is InChI=1S/C17H28N2O2/c1-13(2)10-11-21-15-8-6-14(7-9-15)19-16(20)12-18-17(3,4)5/h6-9,13,18H,10-12H2,1-5H3,(H,19,20). The van der Waals surface area contributed by atoms with Gasteiger partial charge in [-0.05, 0) is 57.4 Å². The second kappa shape index (κ2) is 8.03. The first-order valence-electron chi connectivity index (χ1n) is 7.54. The maximum absolute atomic E-state index is 11.8. The van der Waals surface area contributed by atoms with Crippen LogP contribution in [0.5, 0.6) is 5.75 Å². The normalized spacial score (nSPS) is 11.5. The third kappa shape index (κ3) is 8.35. The molecule has 0 bridgehead atoms. The Kier molecular flexibility index (Phi) is 6.69. The van der Waals surface area contributed by atoms with Gasteiger partial charge in [0.15, 0.2) is 0 Å². The Morgan fingerprint density at radius 2 is 1.81 bits per heavy atom. The van der Waals surface area contributed by atoms with Crippen molar-refractivity contribution in [2.75, 3.05) is 18.5 Å². The summed E-state index contributed by atoms with van der Waals surface area (Å²) in [6.45, 7) is 11.5. The van der Waals surface area contributed by atoms with Crippen LogP contribution in [0.15, 0.2) is 24.3 Å². The molecule has 0 aliphatic heterocycles. The summed E-state index contributed by atoms with van der Waals surface area (Å²) in [6.07, 6.45) is 1.04. The summed E-state index contributed by atoms with van der Waals surface area (Å²) in [5.41, 5.74) is 0.720. The van der Waals surface area contributed by atoms with Crippen LogP contribution in [0.25, 0.3) is 0 Å². The molecule has 0 aliphatic rings. The summed E-state index contributed by atoms with van der Waals surface area (Å²) >= 11 is 0. The van der Waals surface area contributed by atoms with E-state index in [2.05, 4.69) is 24.5 Å². The highest BCUT2D eigenvalue weighted by molar-refractivity contribution is 5.92. The Bertz CT molecular complexity index is 433. The molecule has 2 N–H and O–H groups in total. The smallest absolute Gasteiger partial charge is 0.238 e. The van der Waals surface area contributed by atoms with Crippen molar-refractivity contribution in [1.29, 1.82) is 0 Å². The summed E-state index contributed by atoms with van der Waals surface area (Å²) in [5.74, 6) is 1.43. The van der Waals surface area contributed by atoms with E-state index in [-0.39, 0.29) is 11.4 Å². The minimum Gasteiger partial charge on any atom is -0.494 e. The molecule has 21 heavy (non-hydrogen) atoms. The zero-order valence-electron chi connectivity index (χ0n) is 13.8. The second-order valence-electron chi connectivity index (χ2n) is 6.71. The number of carbonyl (C=O) groups excluding carboxylic acids is 1. The Hall–Kier alpha value is -1.55. The van der Waals surface area contributed by atoms with Crippen molar-refractivity contribution < 1.29 is 9.53 Å². The predicted molar refractivity (Wildman–Crippen MR) is 87.8 cm³/mol. The minimum absolute atomic E-state index is 0.0431. The second-order valence-corrected chi connectivity index (χ2v) is 6.71. The van der Waals surface area contributed by atoms with Crippen molar-refractivity contribution in [2.45, 2.75) is 46.6 Å². The molecule has 4 nitrogen and oxygen atoms in total. The van der Waals surface area contributed by atoms with Crippen LogP contribution in [0.3, 0.4) is 0 Å². The quantitative estimate of drug-likeness (QED) is 0.809. The van der Waals surface area contributed by atoms with Crippen LogP contribution < -0.4 is 15.4 Å². The van der Waals surface area contributed by atoms with Gasteiger partial charge in [0.05, 0.1) is 13.2 Å². The zero-order valence-corrected chi connectivity index (χ0v) is 13.8. The van der Waals surface area contributed by atoms with Crippen LogP contribution >= 0.6 is 0 Å². The van der Waals surface area contributed by atoms with E-state index in [4.69, 9.17) is 4.74 Å². The van der Waals surface area contributed by atoms with Crippen molar-refractivity contribution in [1.82, 2.24) is 5.32 Å². The van der Waals surface area contributed by atoms with E-state index in [0.29, 0.717) is 12.5 Å². The zero-order chi connectivity index (χ0) is 15.9. The van der Waals surface area contributed by atoms with Gasteiger partial charge in [-0.25, -0.2) is 0 Å². The molecule has 1 rings (SSSR count). The first kappa shape index (κ1) is 17.5. The molecule has 0 aliphatic carbocycles. The van der Waals surface area contributed by atoms with E-state index >= 15 is 0 Å². The van der Waals surface area contributed by atoms with Gasteiger partial charge < -0.3 is 15.4 Å². The maximum Gasteiger partial charge on any atom is 0.238 e. The van der Waals surface area contributed by atoms with E-state index in [1.54, 1.807) is 0 Å². The number of carbonyl (C=O) groups is 1. The summed E-state index contributed by atoms with van der Waals surface area (Å²) in [4.78, 5) is 11.8. The SMILES string of the molecule is CC(C)CCOc1ccc(NC(=O)CNC(C)(C)C)cc1. The summed E-state index contributed by atoms with van der Waals surface area (Å²) in [6, 6.07) is 7.49. The molecule has 0 atom stereocenters. The van der Waals surface area contributed by atoms with Gasteiger partial charge in [0.1, 0.15) is 5.75 Å². The van der Waals surface area contributed by atoms with E-state index in [9.17, 15) is 4.79 Å². The lowest BCUT2D eigenvalue weighted by atomic mass is 10.1. The monoisotopic (exact) mass is 292 g/mol. The fraction of sp³-hybridized carbons (Fsp3) is 0.588. The lowest BCUT2D eigenvalue weighted by molar-refractivity contribution is -0.115. The summed E-state index contributed by atoms with van der Waals surface area (Å²) in [7, 11) is 0. The van der Waals surface area contributed by atoms with E-state index in [1.165, 1.54) is 0 Å². The van der Waals surface area contributed by atoms with Crippen molar-refractivity contribution in [3.8, 4) is 5.75 Å². The molecule has 0 radical (unpaired) electrons. The molecule has 0 saturated heterocycles. The van der Waals surface area contributed by atoms with Gasteiger partial charge in [0.25, 0.3) is 0 Å². The number of amides is 1. The fourth-order valence-corrected chi connectivity index (χ4v) is 1.60. The Morgan fingerprint density at radius 3 is 2.33 bits per heavy atom. The summed E-state index contributed by atoms with van der Waals surface area (Å²) < 4.78 is 5.64. The molecule has 0 unspecified atom stereocenters. The molecule has 0 spiro atoms. The average Bonchev–Trinajstić information content (AvgIpc) is 2.37. The van der Waals surface area contributed by atoms with Crippen molar-refractivity contribution >= 4 is 11.6 Å². The highest BCUT2D eigenvalue weighted by Crippen LogP contribution is 2.16. The number of anilines is 1. The third-order valence-corrected chi connectivity index (χ3v) is 2.88. The fourth-order valence-electron chi connectivity index (χ4n) is 1.60.